The second-order valence-electron chi connectivity index (χ2n) is 6.14. The third-order valence-corrected chi connectivity index (χ3v) is 4.27. The Bertz CT molecular complexity index is 363. The lowest BCUT2D eigenvalue weighted by Gasteiger charge is -2.25. The van der Waals surface area contributed by atoms with Crippen molar-refractivity contribution >= 4 is 0 Å². The molecular weight excluding hydrogens is 232 g/mol. The Morgan fingerprint density at radius 1 is 1.05 bits per heavy atom. The molecule has 1 aliphatic heterocycles. The topological polar surface area (TPSA) is 24.1 Å². The van der Waals surface area contributed by atoms with Crippen LogP contribution in [0.1, 0.15) is 56.7 Å². The summed E-state index contributed by atoms with van der Waals surface area (Å²) in [5.74, 6) is 1.46. The molecule has 1 atom stereocenters. The molecule has 2 nitrogen and oxygen atoms in total. The largest absolute Gasteiger partial charge is 0.317 e. The summed E-state index contributed by atoms with van der Waals surface area (Å²) in [6.07, 6.45) is 2.62. The minimum atomic E-state index is 0.455. The van der Waals surface area contributed by atoms with Crippen LogP contribution in [0.25, 0.3) is 0 Å². The van der Waals surface area contributed by atoms with E-state index in [4.69, 9.17) is 0 Å². The zero-order valence-corrected chi connectivity index (χ0v) is 12.6. The molecule has 0 amide bonds. The Labute approximate surface area is 118 Å². The van der Waals surface area contributed by atoms with Crippen LogP contribution in [0.2, 0.25) is 0 Å². The average Bonchev–Trinajstić information content (AvgIpc) is 2.46. The molecule has 1 unspecified atom stereocenters. The van der Waals surface area contributed by atoms with Gasteiger partial charge in [0.1, 0.15) is 0 Å². The minimum absolute atomic E-state index is 0.455. The molecule has 1 aromatic rings. The summed E-state index contributed by atoms with van der Waals surface area (Å²) in [5, 5.41) is 7.11. The molecule has 0 bridgehead atoms. The summed E-state index contributed by atoms with van der Waals surface area (Å²) in [7, 11) is 0. The summed E-state index contributed by atoms with van der Waals surface area (Å²) in [6, 6.07) is 9.53. The van der Waals surface area contributed by atoms with Crippen molar-refractivity contribution in [1.29, 1.82) is 0 Å². The van der Waals surface area contributed by atoms with Gasteiger partial charge >= 0.3 is 0 Å². The van der Waals surface area contributed by atoms with Gasteiger partial charge in [-0.1, -0.05) is 38.1 Å². The van der Waals surface area contributed by atoms with Gasteiger partial charge in [-0.25, -0.2) is 0 Å². The molecule has 2 N–H and O–H groups in total. The Kier molecular flexibility index (Phi) is 5.41. The monoisotopic (exact) mass is 260 g/mol. The van der Waals surface area contributed by atoms with E-state index < -0.39 is 0 Å². The summed E-state index contributed by atoms with van der Waals surface area (Å²) < 4.78 is 0. The van der Waals surface area contributed by atoms with Crippen molar-refractivity contribution in [3.8, 4) is 0 Å². The van der Waals surface area contributed by atoms with Crippen LogP contribution in [-0.2, 0) is 0 Å². The normalized spacial score (nSPS) is 18.7. The van der Waals surface area contributed by atoms with Gasteiger partial charge < -0.3 is 10.6 Å². The molecule has 0 spiro atoms. The van der Waals surface area contributed by atoms with E-state index >= 15 is 0 Å². The fourth-order valence-electron chi connectivity index (χ4n) is 2.72. The van der Waals surface area contributed by atoms with Crippen LogP contribution in [0.15, 0.2) is 24.3 Å². The first-order valence-corrected chi connectivity index (χ1v) is 7.70. The lowest BCUT2D eigenvalue weighted by molar-refractivity contribution is 0.345. The van der Waals surface area contributed by atoms with Crippen LogP contribution in [0, 0.1) is 5.92 Å². The van der Waals surface area contributed by atoms with Crippen LogP contribution < -0.4 is 10.6 Å². The van der Waals surface area contributed by atoms with Gasteiger partial charge in [0, 0.05) is 6.04 Å². The minimum Gasteiger partial charge on any atom is -0.317 e. The van der Waals surface area contributed by atoms with Gasteiger partial charge in [0.15, 0.2) is 0 Å². The third-order valence-electron chi connectivity index (χ3n) is 4.27. The van der Waals surface area contributed by atoms with Gasteiger partial charge in [0.2, 0.25) is 0 Å². The second kappa shape index (κ2) is 7.06. The highest BCUT2D eigenvalue weighted by Gasteiger charge is 2.14. The van der Waals surface area contributed by atoms with E-state index in [9.17, 15) is 0 Å². The SMILES string of the molecule is CC(C)c1ccc(C(C)NCC2CCNCC2)cc1. The first kappa shape index (κ1) is 14.5. The number of rotatable bonds is 5. The number of piperidine rings is 1. The lowest BCUT2D eigenvalue weighted by Crippen LogP contribution is -2.34. The molecule has 0 aliphatic carbocycles. The zero-order chi connectivity index (χ0) is 13.7. The van der Waals surface area contributed by atoms with Gasteiger partial charge in [-0.15, -0.1) is 0 Å². The van der Waals surface area contributed by atoms with E-state index in [-0.39, 0.29) is 0 Å². The molecule has 0 aromatic heterocycles. The van der Waals surface area contributed by atoms with E-state index in [0.717, 1.165) is 12.5 Å². The molecule has 1 fully saturated rings. The van der Waals surface area contributed by atoms with Gasteiger partial charge in [-0.2, -0.15) is 0 Å². The average molecular weight is 260 g/mol. The van der Waals surface area contributed by atoms with Crippen LogP contribution in [0.4, 0.5) is 0 Å². The van der Waals surface area contributed by atoms with E-state index in [1.165, 1.54) is 37.1 Å². The van der Waals surface area contributed by atoms with Gasteiger partial charge in [-0.3, -0.25) is 0 Å². The highest BCUT2D eigenvalue weighted by Crippen LogP contribution is 2.19. The van der Waals surface area contributed by atoms with Crippen molar-refractivity contribution in [2.75, 3.05) is 19.6 Å². The van der Waals surface area contributed by atoms with Gasteiger partial charge in [-0.05, 0) is 62.4 Å². The first-order valence-electron chi connectivity index (χ1n) is 7.70. The van der Waals surface area contributed by atoms with Crippen molar-refractivity contribution < 1.29 is 0 Å². The fraction of sp³-hybridized carbons (Fsp3) is 0.647. The molecule has 2 rings (SSSR count). The number of benzene rings is 1. The molecule has 0 saturated carbocycles. The highest BCUT2D eigenvalue weighted by atomic mass is 14.9. The maximum atomic E-state index is 3.69. The zero-order valence-electron chi connectivity index (χ0n) is 12.6. The van der Waals surface area contributed by atoms with Gasteiger partial charge in [0.05, 0.1) is 0 Å². The third kappa shape index (κ3) is 4.32. The standard InChI is InChI=1S/C17H28N2/c1-13(2)16-4-6-17(7-5-16)14(3)19-12-15-8-10-18-11-9-15/h4-7,13-15,18-19H,8-12H2,1-3H3. The van der Waals surface area contributed by atoms with Crippen LogP contribution in [-0.4, -0.2) is 19.6 Å². The van der Waals surface area contributed by atoms with Crippen molar-refractivity contribution in [3.63, 3.8) is 0 Å². The van der Waals surface area contributed by atoms with E-state index in [1.54, 1.807) is 0 Å². The van der Waals surface area contributed by atoms with Crippen molar-refractivity contribution in [1.82, 2.24) is 10.6 Å². The van der Waals surface area contributed by atoms with Crippen molar-refractivity contribution in [2.45, 2.75) is 45.6 Å². The van der Waals surface area contributed by atoms with Crippen LogP contribution in [0.5, 0.6) is 0 Å². The van der Waals surface area contributed by atoms with Crippen LogP contribution >= 0.6 is 0 Å². The summed E-state index contributed by atoms with van der Waals surface area (Å²) in [4.78, 5) is 0. The smallest absolute Gasteiger partial charge is 0.0291 e. The lowest BCUT2D eigenvalue weighted by atomic mass is 9.96. The van der Waals surface area contributed by atoms with E-state index in [2.05, 4.69) is 55.7 Å². The quantitative estimate of drug-likeness (QED) is 0.847. The molecule has 1 heterocycles. The molecular formula is C17H28N2. The Hall–Kier alpha value is -0.860. The van der Waals surface area contributed by atoms with Gasteiger partial charge in [0.25, 0.3) is 0 Å². The maximum absolute atomic E-state index is 3.69. The molecule has 0 radical (unpaired) electrons. The van der Waals surface area contributed by atoms with E-state index in [0.29, 0.717) is 12.0 Å². The molecule has 106 valence electrons. The molecule has 19 heavy (non-hydrogen) atoms. The summed E-state index contributed by atoms with van der Waals surface area (Å²) in [5.41, 5.74) is 2.83. The number of hydrogen-bond donors (Lipinski definition) is 2. The molecule has 1 aromatic carbocycles. The Balaban J connectivity index is 1.83. The maximum Gasteiger partial charge on any atom is 0.0291 e. The Morgan fingerprint density at radius 2 is 1.63 bits per heavy atom. The van der Waals surface area contributed by atoms with E-state index in [1.807, 2.05) is 0 Å². The second-order valence-corrected chi connectivity index (χ2v) is 6.14. The summed E-state index contributed by atoms with van der Waals surface area (Å²) in [6.45, 7) is 10.3. The van der Waals surface area contributed by atoms with Crippen molar-refractivity contribution in [3.05, 3.63) is 35.4 Å². The van der Waals surface area contributed by atoms with Crippen LogP contribution in [0.3, 0.4) is 0 Å². The number of nitrogens with one attached hydrogen (secondary N) is 2. The molecule has 2 heteroatoms. The first-order chi connectivity index (χ1) is 9.16. The predicted molar refractivity (Wildman–Crippen MR) is 82.5 cm³/mol. The Morgan fingerprint density at radius 3 is 2.21 bits per heavy atom. The molecule has 1 aliphatic rings. The number of hydrogen-bond acceptors (Lipinski definition) is 2. The fourth-order valence-corrected chi connectivity index (χ4v) is 2.72. The van der Waals surface area contributed by atoms with Crippen molar-refractivity contribution in [2.24, 2.45) is 5.92 Å². The summed E-state index contributed by atoms with van der Waals surface area (Å²) >= 11 is 0. The molecule has 1 saturated heterocycles. The highest BCUT2D eigenvalue weighted by molar-refractivity contribution is 5.26. The predicted octanol–water partition coefficient (Wildman–Crippen LogP) is 3.46.